The smallest absolute Gasteiger partial charge is 0.169 e. The molecule has 33 heavy (non-hydrogen) atoms. The predicted octanol–water partition coefficient (Wildman–Crippen LogP) is 5.74. The minimum absolute atomic E-state index is 0.141. The molecule has 4 aliphatic carbocycles. The Balaban J connectivity index is 0.00000111. The fourth-order valence-corrected chi connectivity index (χ4v) is 8.30. The number of thioether (sulfide) groups is 1. The number of carbonyl (C=O) groups excluding carboxylic acids is 1. The number of Topliss-reactive ketones (excluding diaryl/α,β-unsaturated/α-hetero) is 1. The molecule has 1 aromatic carbocycles. The fourth-order valence-electron chi connectivity index (χ4n) is 7.90. The highest BCUT2D eigenvalue weighted by Crippen LogP contribution is 2.63. The van der Waals surface area contributed by atoms with Gasteiger partial charge in [-0.3, -0.25) is 4.79 Å². The first-order valence-electron chi connectivity index (χ1n) is 12.7. The third-order valence-electron chi connectivity index (χ3n) is 9.38. The number of allylic oxidation sites excluding steroid dienone is 2. The highest BCUT2D eigenvalue weighted by atomic mass is 32.2. The topological polar surface area (TPSA) is 55.8 Å². The molecule has 1 N–H and O–H groups in total. The summed E-state index contributed by atoms with van der Waals surface area (Å²) in [5.74, 6) is 2.31. The summed E-state index contributed by atoms with van der Waals surface area (Å²) in [7, 11) is 1.00. The van der Waals surface area contributed by atoms with Gasteiger partial charge in [0.25, 0.3) is 0 Å². The van der Waals surface area contributed by atoms with Crippen molar-refractivity contribution in [2.75, 3.05) is 26.6 Å². The van der Waals surface area contributed by atoms with E-state index in [9.17, 15) is 4.79 Å². The molecule has 1 heterocycles. The van der Waals surface area contributed by atoms with E-state index in [0.717, 1.165) is 58.8 Å². The minimum Gasteiger partial charge on any atom is -0.400 e. The normalized spacial score (nSPS) is 36.7. The Hall–Kier alpha value is -1.14. The Kier molecular flexibility index (Phi) is 6.54. The van der Waals surface area contributed by atoms with Gasteiger partial charge in [0.2, 0.25) is 0 Å². The Labute approximate surface area is 202 Å². The molecule has 0 radical (unpaired) electrons. The van der Waals surface area contributed by atoms with Crippen LogP contribution in [-0.4, -0.2) is 43.3 Å². The molecule has 1 spiro atoms. The van der Waals surface area contributed by atoms with Gasteiger partial charge in [-0.2, -0.15) is 0 Å². The van der Waals surface area contributed by atoms with Crippen LogP contribution in [0, 0.1) is 23.2 Å². The monoisotopic (exact) mass is 470 g/mol. The van der Waals surface area contributed by atoms with E-state index in [1.807, 2.05) is 0 Å². The largest absolute Gasteiger partial charge is 0.400 e. The zero-order chi connectivity index (χ0) is 23.2. The highest BCUT2D eigenvalue weighted by Gasteiger charge is 2.57. The lowest BCUT2D eigenvalue weighted by Gasteiger charge is -2.52. The van der Waals surface area contributed by atoms with Gasteiger partial charge in [-0.25, -0.2) is 0 Å². The lowest BCUT2D eigenvalue weighted by molar-refractivity contribution is -0.181. The first kappa shape index (κ1) is 23.6. The van der Waals surface area contributed by atoms with Gasteiger partial charge < -0.3 is 14.6 Å². The van der Waals surface area contributed by atoms with E-state index in [4.69, 9.17) is 14.6 Å². The van der Waals surface area contributed by atoms with Crippen LogP contribution in [0.15, 0.2) is 40.3 Å². The Bertz CT molecular complexity index is 916. The Morgan fingerprint density at radius 1 is 1.00 bits per heavy atom. The highest BCUT2D eigenvalue weighted by molar-refractivity contribution is 7.98. The van der Waals surface area contributed by atoms with Gasteiger partial charge in [-0.15, -0.1) is 11.8 Å². The van der Waals surface area contributed by atoms with Gasteiger partial charge in [0.1, 0.15) is 5.78 Å². The van der Waals surface area contributed by atoms with Crippen molar-refractivity contribution in [1.82, 2.24) is 0 Å². The SMILES string of the molecule is CO.CSc1ccc([C@H]2C[C@]3(C)C(=O)CCC3[C@@H]3CCC4CC5(CCC4=C32)OCCO5)cc1. The van der Waals surface area contributed by atoms with Crippen molar-refractivity contribution in [1.29, 1.82) is 0 Å². The van der Waals surface area contributed by atoms with Gasteiger partial charge in [-0.1, -0.05) is 30.2 Å². The van der Waals surface area contributed by atoms with E-state index in [2.05, 4.69) is 37.4 Å². The molecular weight excluding hydrogens is 432 g/mol. The van der Waals surface area contributed by atoms with Crippen LogP contribution in [0.3, 0.4) is 0 Å². The lowest BCUT2D eigenvalue weighted by Crippen LogP contribution is -2.46. The van der Waals surface area contributed by atoms with Crippen LogP contribution in [0.25, 0.3) is 0 Å². The standard InChI is InChI=1S/C27H34O3S.CH4O/c1-26-16-22(17-3-6-19(31-2)7-4-17)25-20-11-12-27(29-13-14-30-27)15-18(20)5-8-21(25)23(26)9-10-24(26)28;1-2/h3-4,6-7,18,21-23H,5,8-16H2,1-2H3;2H,1H3/t18?,21-,22+,23?,26-;/m0./s1. The molecule has 180 valence electrons. The lowest BCUT2D eigenvalue weighted by atomic mass is 9.52. The number of aliphatic hydroxyl groups excluding tert-OH is 1. The van der Waals surface area contributed by atoms with Crippen LogP contribution in [0.5, 0.6) is 0 Å². The molecule has 0 amide bonds. The molecular formula is C28H38O4S. The van der Waals surface area contributed by atoms with E-state index < -0.39 is 0 Å². The van der Waals surface area contributed by atoms with Crippen LogP contribution in [0.2, 0.25) is 0 Å². The second-order valence-corrected chi connectivity index (χ2v) is 11.6. The van der Waals surface area contributed by atoms with Crippen molar-refractivity contribution < 1.29 is 19.4 Å². The molecule has 5 heteroatoms. The summed E-state index contributed by atoms with van der Waals surface area (Å²) >= 11 is 1.80. The molecule has 4 nitrogen and oxygen atoms in total. The maximum Gasteiger partial charge on any atom is 0.169 e. The van der Waals surface area contributed by atoms with Gasteiger partial charge >= 0.3 is 0 Å². The number of ketones is 1. The number of hydrogen-bond donors (Lipinski definition) is 1. The molecule has 1 saturated heterocycles. The van der Waals surface area contributed by atoms with E-state index in [0.29, 0.717) is 29.5 Å². The quantitative estimate of drug-likeness (QED) is 0.441. The van der Waals surface area contributed by atoms with Crippen molar-refractivity contribution in [2.24, 2.45) is 23.2 Å². The third-order valence-corrected chi connectivity index (χ3v) is 10.1. The summed E-state index contributed by atoms with van der Waals surface area (Å²) in [5.41, 5.74) is 4.70. The average Bonchev–Trinajstić information content (AvgIpc) is 3.43. The van der Waals surface area contributed by atoms with Crippen LogP contribution in [0.1, 0.15) is 69.8 Å². The number of fused-ring (bicyclic) bond motifs is 4. The van der Waals surface area contributed by atoms with Crippen molar-refractivity contribution in [3.8, 4) is 0 Å². The van der Waals surface area contributed by atoms with Gasteiger partial charge in [0.05, 0.1) is 13.2 Å². The van der Waals surface area contributed by atoms with Gasteiger partial charge in [0, 0.05) is 42.6 Å². The molecule has 4 fully saturated rings. The number of hydrogen-bond acceptors (Lipinski definition) is 5. The van der Waals surface area contributed by atoms with Crippen LogP contribution < -0.4 is 0 Å². The number of benzene rings is 1. The van der Waals surface area contributed by atoms with Gasteiger partial charge in [-0.05, 0) is 73.8 Å². The summed E-state index contributed by atoms with van der Waals surface area (Å²) in [5, 5.41) is 7.00. The molecule has 5 aliphatic rings. The van der Waals surface area contributed by atoms with Crippen molar-refractivity contribution in [3.05, 3.63) is 41.0 Å². The predicted molar refractivity (Wildman–Crippen MR) is 131 cm³/mol. The molecule has 6 rings (SSSR count). The van der Waals surface area contributed by atoms with Crippen molar-refractivity contribution >= 4 is 17.5 Å². The molecule has 1 aliphatic heterocycles. The van der Waals surface area contributed by atoms with E-state index in [-0.39, 0.29) is 11.2 Å². The summed E-state index contributed by atoms with van der Waals surface area (Å²) in [6, 6.07) is 9.20. The maximum absolute atomic E-state index is 13.1. The molecule has 0 bridgehead atoms. The average molecular weight is 471 g/mol. The van der Waals surface area contributed by atoms with E-state index in [1.165, 1.54) is 23.3 Å². The number of carbonyl (C=O) groups is 1. The van der Waals surface area contributed by atoms with Gasteiger partial charge in [0.15, 0.2) is 5.79 Å². The van der Waals surface area contributed by atoms with Crippen molar-refractivity contribution in [2.45, 2.75) is 74.9 Å². The Morgan fingerprint density at radius 2 is 1.73 bits per heavy atom. The summed E-state index contributed by atoms with van der Waals surface area (Å²) in [4.78, 5) is 14.4. The van der Waals surface area contributed by atoms with Crippen LogP contribution in [0.4, 0.5) is 0 Å². The first-order valence-corrected chi connectivity index (χ1v) is 13.9. The zero-order valence-electron chi connectivity index (χ0n) is 20.3. The van der Waals surface area contributed by atoms with Crippen molar-refractivity contribution in [3.63, 3.8) is 0 Å². The summed E-state index contributed by atoms with van der Waals surface area (Å²) in [6.07, 6.45) is 10.6. The molecule has 2 unspecified atom stereocenters. The third kappa shape index (κ3) is 3.84. The number of rotatable bonds is 2. The van der Waals surface area contributed by atoms with E-state index in [1.54, 1.807) is 22.9 Å². The molecule has 1 aromatic rings. The van der Waals surface area contributed by atoms with E-state index >= 15 is 0 Å². The first-order chi connectivity index (χ1) is 16.0. The van der Waals surface area contributed by atoms with Crippen LogP contribution >= 0.6 is 11.8 Å². The molecule has 5 atom stereocenters. The second kappa shape index (κ2) is 9.14. The van der Waals surface area contributed by atoms with Crippen LogP contribution in [-0.2, 0) is 14.3 Å². The summed E-state index contributed by atoms with van der Waals surface area (Å²) < 4.78 is 12.2. The summed E-state index contributed by atoms with van der Waals surface area (Å²) in [6.45, 7) is 3.78. The fraction of sp³-hybridized carbons (Fsp3) is 0.679. The Morgan fingerprint density at radius 3 is 2.42 bits per heavy atom. The minimum atomic E-state index is -0.316. The maximum atomic E-state index is 13.1. The zero-order valence-corrected chi connectivity index (χ0v) is 21.1. The number of ether oxygens (including phenoxy) is 2. The molecule has 0 aromatic heterocycles. The second-order valence-electron chi connectivity index (χ2n) is 10.7. The number of aliphatic hydroxyl groups is 1. The molecule has 3 saturated carbocycles.